The van der Waals surface area contributed by atoms with Crippen LogP contribution in [-0.2, 0) is 0 Å². The van der Waals surface area contributed by atoms with Crippen molar-refractivity contribution in [2.45, 2.75) is 38.7 Å². The number of anilines is 2. The van der Waals surface area contributed by atoms with Crippen LogP contribution < -0.4 is 10.2 Å². The first-order valence-electron chi connectivity index (χ1n) is 6.75. The van der Waals surface area contributed by atoms with E-state index in [1.54, 1.807) is 6.20 Å². The molecular weight excluding hydrogens is 264 g/mol. The van der Waals surface area contributed by atoms with Gasteiger partial charge in [0.25, 0.3) is 0 Å². The van der Waals surface area contributed by atoms with Crippen LogP contribution in [-0.4, -0.2) is 40.3 Å². The van der Waals surface area contributed by atoms with Gasteiger partial charge in [-0.3, -0.25) is 0 Å². The van der Waals surface area contributed by atoms with Gasteiger partial charge in [0.05, 0.1) is 11.8 Å². The number of aliphatic hydroxyl groups is 1. The fourth-order valence-corrected chi connectivity index (χ4v) is 2.51. The summed E-state index contributed by atoms with van der Waals surface area (Å²) in [6.45, 7) is 6.28. The zero-order valence-corrected chi connectivity index (χ0v) is 12.2. The highest BCUT2D eigenvalue weighted by molar-refractivity contribution is 6.32. The van der Waals surface area contributed by atoms with Crippen LogP contribution >= 0.6 is 11.6 Å². The van der Waals surface area contributed by atoms with Crippen LogP contribution in [0.5, 0.6) is 0 Å². The van der Waals surface area contributed by atoms with E-state index in [1.165, 1.54) is 0 Å². The monoisotopic (exact) mass is 284 g/mol. The van der Waals surface area contributed by atoms with Gasteiger partial charge >= 0.3 is 0 Å². The van der Waals surface area contributed by atoms with E-state index < -0.39 is 5.60 Å². The lowest BCUT2D eigenvalue weighted by Gasteiger charge is -2.24. The molecule has 2 rings (SSSR count). The van der Waals surface area contributed by atoms with E-state index >= 15 is 0 Å². The van der Waals surface area contributed by atoms with Crippen molar-refractivity contribution in [3.8, 4) is 0 Å². The fraction of sp³-hybridized carbons (Fsp3) is 0.692. The highest BCUT2D eigenvalue weighted by Gasteiger charge is 2.26. The van der Waals surface area contributed by atoms with Crippen molar-refractivity contribution in [1.82, 2.24) is 9.97 Å². The summed E-state index contributed by atoms with van der Waals surface area (Å²) in [6, 6.07) is 0. The Bertz CT molecular complexity index is 439. The Balaban J connectivity index is 2.18. The molecule has 0 spiro atoms. The van der Waals surface area contributed by atoms with Crippen LogP contribution in [0.4, 0.5) is 11.8 Å². The molecule has 1 unspecified atom stereocenters. The molecule has 1 fully saturated rings. The van der Waals surface area contributed by atoms with Gasteiger partial charge in [-0.25, -0.2) is 4.98 Å². The first-order chi connectivity index (χ1) is 9.02. The van der Waals surface area contributed by atoms with Crippen LogP contribution in [0.3, 0.4) is 0 Å². The summed E-state index contributed by atoms with van der Waals surface area (Å²) in [6.07, 6.45) is 4.10. The molecule has 1 aliphatic rings. The Morgan fingerprint density at radius 3 is 3.00 bits per heavy atom. The summed E-state index contributed by atoms with van der Waals surface area (Å²) in [7, 11) is 0. The molecule has 0 aromatic carbocycles. The van der Waals surface area contributed by atoms with Crippen molar-refractivity contribution in [2.24, 2.45) is 0 Å². The van der Waals surface area contributed by atoms with E-state index in [2.05, 4.69) is 20.2 Å². The predicted octanol–water partition coefficient (Wildman–Crippen LogP) is 2.30. The minimum atomic E-state index is -0.585. The molecule has 2 heterocycles. The Morgan fingerprint density at radius 2 is 2.26 bits per heavy atom. The molecule has 19 heavy (non-hydrogen) atoms. The third-order valence-corrected chi connectivity index (χ3v) is 3.69. The molecule has 0 saturated carbocycles. The molecule has 2 N–H and O–H groups in total. The second-order valence-electron chi connectivity index (χ2n) is 5.23. The zero-order chi connectivity index (χ0) is 13.9. The van der Waals surface area contributed by atoms with Crippen molar-refractivity contribution in [1.29, 1.82) is 0 Å². The predicted molar refractivity (Wildman–Crippen MR) is 77.9 cm³/mol. The van der Waals surface area contributed by atoms with Crippen molar-refractivity contribution >= 4 is 23.4 Å². The van der Waals surface area contributed by atoms with E-state index in [-0.39, 0.29) is 0 Å². The number of halogens is 1. The number of hydrogen-bond acceptors (Lipinski definition) is 5. The maximum Gasteiger partial charge on any atom is 0.224 e. The number of nitrogens with zero attached hydrogens (tertiary/aromatic N) is 3. The lowest BCUT2D eigenvalue weighted by atomic mass is 9.98. The average molecular weight is 285 g/mol. The molecule has 0 amide bonds. The zero-order valence-electron chi connectivity index (χ0n) is 11.5. The molecule has 106 valence electrons. The molecule has 1 saturated heterocycles. The van der Waals surface area contributed by atoms with Crippen LogP contribution in [0.2, 0.25) is 5.02 Å². The summed E-state index contributed by atoms with van der Waals surface area (Å²) in [5.74, 6) is 1.35. The summed E-state index contributed by atoms with van der Waals surface area (Å²) in [5, 5.41) is 13.8. The Kier molecular flexibility index (Phi) is 4.47. The lowest BCUT2D eigenvalue weighted by Crippen LogP contribution is -2.29. The maximum absolute atomic E-state index is 10.1. The van der Waals surface area contributed by atoms with Crippen LogP contribution in [0.1, 0.15) is 33.1 Å². The van der Waals surface area contributed by atoms with E-state index in [1.807, 2.05) is 13.8 Å². The quantitative estimate of drug-likeness (QED) is 0.892. The smallest absolute Gasteiger partial charge is 0.224 e. The van der Waals surface area contributed by atoms with Gasteiger partial charge in [0.2, 0.25) is 5.95 Å². The van der Waals surface area contributed by atoms with Gasteiger partial charge in [0.15, 0.2) is 5.82 Å². The first-order valence-corrected chi connectivity index (χ1v) is 7.13. The minimum absolute atomic E-state index is 0.559. The molecule has 6 heteroatoms. The summed E-state index contributed by atoms with van der Waals surface area (Å²) >= 11 is 6.20. The fourth-order valence-electron chi connectivity index (χ4n) is 2.30. The van der Waals surface area contributed by atoms with Gasteiger partial charge in [-0.05, 0) is 33.1 Å². The Morgan fingerprint density at radius 1 is 1.47 bits per heavy atom. The third-order valence-electron chi connectivity index (χ3n) is 3.42. The highest BCUT2D eigenvalue weighted by Crippen LogP contribution is 2.28. The molecular formula is C13H21ClN4O. The second kappa shape index (κ2) is 5.92. The second-order valence-corrected chi connectivity index (χ2v) is 5.64. The van der Waals surface area contributed by atoms with Gasteiger partial charge in [-0.1, -0.05) is 11.6 Å². The van der Waals surface area contributed by atoms with Gasteiger partial charge < -0.3 is 15.3 Å². The molecule has 1 aliphatic heterocycles. The standard InChI is InChI=1S/C13H21ClN4O/c1-3-15-12-16-9-10(14)11(17-12)18-7-4-5-13(2,19)6-8-18/h9,19H,3-8H2,1-2H3,(H,15,16,17). The van der Waals surface area contributed by atoms with Crippen LogP contribution in [0.25, 0.3) is 0 Å². The molecule has 1 aromatic rings. The first kappa shape index (κ1) is 14.3. The van der Waals surface area contributed by atoms with E-state index in [0.717, 1.165) is 44.7 Å². The van der Waals surface area contributed by atoms with Crippen LogP contribution in [0, 0.1) is 0 Å². The summed E-state index contributed by atoms with van der Waals surface area (Å²) in [5.41, 5.74) is -0.585. The molecule has 5 nitrogen and oxygen atoms in total. The highest BCUT2D eigenvalue weighted by atomic mass is 35.5. The Hall–Kier alpha value is -1.07. The van der Waals surface area contributed by atoms with Crippen LogP contribution in [0.15, 0.2) is 6.20 Å². The van der Waals surface area contributed by atoms with Crippen molar-refractivity contribution in [2.75, 3.05) is 29.9 Å². The summed E-state index contributed by atoms with van der Waals surface area (Å²) in [4.78, 5) is 10.7. The number of hydrogen-bond donors (Lipinski definition) is 2. The minimum Gasteiger partial charge on any atom is -0.390 e. The van der Waals surface area contributed by atoms with E-state index in [4.69, 9.17) is 11.6 Å². The molecule has 0 aliphatic carbocycles. The summed E-state index contributed by atoms with van der Waals surface area (Å²) < 4.78 is 0. The van der Waals surface area contributed by atoms with Gasteiger partial charge in [0, 0.05) is 19.6 Å². The number of nitrogens with one attached hydrogen (secondary N) is 1. The van der Waals surface area contributed by atoms with E-state index in [9.17, 15) is 5.11 Å². The van der Waals surface area contributed by atoms with Gasteiger partial charge in [0.1, 0.15) is 5.02 Å². The average Bonchev–Trinajstić information content (AvgIpc) is 2.53. The van der Waals surface area contributed by atoms with Gasteiger partial charge in [-0.15, -0.1) is 0 Å². The van der Waals surface area contributed by atoms with E-state index in [0.29, 0.717) is 11.0 Å². The molecule has 0 bridgehead atoms. The SMILES string of the molecule is CCNc1ncc(Cl)c(N2CCCC(C)(O)CC2)n1. The molecule has 0 radical (unpaired) electrons. The maximum atomic E-state index is 10.1. The normalized spacial score (nSPS) is 24.1. The van der Waals surface area contributed by atoms with Crippen molar-refractivity contribution in [3.05, 3.63) is 11.2 Å². The van der Waals surface area contributed by atoms with Crippen molar-refractivity contribution in [3.63, 3.8) is 0 Å². The number of rotatable bonds is 3. The topological polar surface area (TPSA) is 61.3 Å². The largest absolute Gasteiger partial charge is 0.390 e. The van der Waals surface area contributed by atoms with Crippen molar-refractivity contribution < 1.29 is 5.11 Å². The number of aromatic nitrogens is 2. The Labute approximate surface area is 119 Å². The lowest BCUT2D eigenvalue weighted by molar-refractivity contribution is 0.0481. The molecule has 1 atom stereocenters. The molecule has 1 aromatic heterocycles. The third kappa shape index (κ3) is 3.70. The van der Waals surface area contributed by atoms with Gasteiger partial charge in [-0.2, -0.15) is 4.98 Å².